The topological polar surface area (TPSA) is 9.23 Å². The number of rotatable bonds is 7. The van der Waals surface area contributed by atoms with Crippen LogP contribution in [0.15, 0.2) is 58.7 Å². The molecular formula is C20H30OSi. The lowest BCUT2D eigenvalue weighted by Gasteiger charge is -2.33. The van der Waals surface area contributed by atoms with E-state index in [1.807, 2.05) is 6.08 Å². The summed E-state index contributed by atoms with van der Waals surface area (Å²) in [6.07, 6.45) is 12.7. The molecule has 0 bridgehead atoms. The lowest BCUT2D eigenvalue weighted by molar-refractivity contribution is 0.258. The molecule has 2 aliphatic carbocycles. The van der Waals surface area contributed by atoms with E-state index in [-0.39, 0.29) is 6.10 Å². The maximum atomic E-state index is 6.66. The highest BCUT2D eigenvalue weighted by Gasteiger charge is 2.31. The Hall–Kier alpha value is -1.12. The van der Waals surface area contributed by atoms with Crippen molar-refractivity contribution in [1.29, 1.82) is 0 Å². The maximum Gasteiger partial charge on any atom is 0.188 e. The highest BCUT2D eigenvalue weighted by atomic mass is 28.4. The molecule has 0 heterocycles. The van der Waals surface area contributed by atoms with Gasteiger partial charge in [-0.25, -0.2) is 0 Å². The minimum atomic E-state index is -1.63. The van der Waals surface area contributed by atoms with E-state index in [4.69, 9.17) is 4.43 Å². The van der Waals surface area contributed by atoms with Crippen LogP contribution in [0.2, 0.25) is 19.1 Å². The van der Waals surface area contributed by atoms with Crippen LogP contribution in [-0.2, 0) is 4.43 Å². The summed E-state index contributed by atoms with van der Waals surface area (Å²) in [7, 11) is -1.63. The molecule has 0 aliphatic heterocycles. The van der Waals surface area contributed by atoms with Crippen LogP contribution in [0.1, 0.15) is 40.0 Å². The van der Waals surface area contributed by atoms with Crippen LogP contribution in [0.25, 0.3) is 0 Å². The molecule has 0 N–H and O–H groups in total. The number of hydrogen-bond donors (Lipinski definition) is 0. The molecule has 0 saturated heterocycles. The number of fused-ring (bicyclic) bond motifs is 1. The Morgan fingerprint density at radius 2 is 1.86 bits per heavy atom. The van der Waals surface area contributed by atoms with Gasteiger partial charge in [-0.05, 0) is 74.2 Å². The summed E-state index contributed by atoms with van der Waals surface area (Å²) in [5.74, 6) is 0. The molecule has 2 rings (SSSR count). The zero-order valence-corrected chi connectivity index (χ0v) is 15.8. The summed E-state index contributed by atoms with van der Waals surface area (Å²) >= 11 is 0. The van der Waals surface area contributed by atoms with Gasteiger partial charge in [0.15, 0.2) is 8.32 Å². The van der Waals surface area contributed by atoms with Gasteiger partial charge in [0.1, 0.15) is 0 Å². The highest BCUT2D eigenvalue weighted by molar-refractivity contribution is 6.71. The first-order valence-electron chi connectivity index (χ1n) is 8.42. The molecule has 0 saturated carbocycles. The van der Waals surface area contributed by atoms with Crippen molar-refractivity contribution in [2.45, 2.75) is 65.3 Å². The lowest BCUT2D eigenvalue weighted by Crippen LogP contribution is -2.37. The van der Waals surface area contributed by atoms with E-state index in [1.54, 1.807) is 0 Å². The summed E-state index contributed by atoms with van der Waals surface area (Å²) in [4.78, 5) is 0. The Bertz CT molecular complexity index is 573. The Labute approximate surface area is 137 Å². The van der Waals surface area contributed by atoms with Crippen LogP contribution in [0.3, 0.4) is 0 Å². The van der Waals surface area contributed by atoms with Gasteiger partial charge in [0.2, 0.25) is 0 Å². The molecule has 22 heavy (non-hydrogen) atoms. The van der Waals surface area contributed by atoms with Gasteiger partial charge in [0.25, 0.3) is 0 Å². The smallest absolute Gasteiger partial charge is 0.188 e. The van der Waals surface area contributed by atoms with Gasteiger partial charge in [0, 0.05) is 0 Å². The van der Waals surface area contributed by atoms with Crippen LogP contribution >= 0.6 is 0 Å². The first-order chi connectivity index (χ1) is 10.3. The van der Waals surface area contributed by atoms with Crippen molar-refractivity contribution >= 4 is 8.32 Å². The number of hydrogen-bond acceptors (Lipinski definition) is 1. The molecule has 2 aliphatic rings. The van der Waals surface area contributed by atoms with Crippen LogP contribution < -0.4 is 0 Å². The number of allylic oxidation sites excluding steroid dienone is 7. The van der Waals surface area contributed by atoms with E-state index in [2.05, 4.69) is 58.7 Å². The van der Waals surface area contributed by atoms with Crippen LogP contribution in [0, 0.1) is 0 Å². The van der Waals surface area contributed by atoms with E-state index in [9.17, 15) is 0 Å². The fraction of sp³-hybridized carbons (Fsp3) is 0.500. The average molecular weight is 315 g/mol. The van der Waals surface area contributed by atoms with Gasteiger partial charge >= 0.3 is 0 Å². The minimum absolute atomic E-state index is 0.176. The second-order valence-corrected chi connectivity index (χ2v) is 11.5. The van der Waals surface area contributed by atoms with Gasteiger partial charge in [-0.1, -0.05) is 37.1 Å². The van der Waals surface area contributed by atoms with Crippen molar-refractivity contribution in [2.24, 2.45) is 0 Å². The summed E-state index contributed by atoms with van der Waals surface area (Å²) in [6.45, 7) is 15.1. The standard InChI is InChI=1S/C20H30OSi/c1-7-8-9-10-11-22(5,6)21-20-16(3)14-18-12-15(2)13-19(18)17(20)4/h7,12-14,20H,1,8-11H2,2-6H3. The van der Waals surface area contributed by atoms with E-state index in [0.29, 0.717) is 0 Å². The minimum Gasteiger partial charge on any atom is -0.407 e. The Balaban J connectivity index is 2.07. The largest absolute Gasteiger partial charge is 0.407 e. The number of unbranched alkanes of at least 4 members (excludes halogenated alkanes) is 2. The molecule has 0 aromatic carbocycles. The van der Waals surface area contributed by atoms with Crippen molar-refractivity contribution in [3.8, 4) is 0 Å². The fourth-order valence-corrected chi connectivity index (χ4v) is 5.56. The molecule has 1 unspecified atom stereocenters. The van der Waals surface area contributed by atoms with Crippen LogP contribution in [-0.4, -0.2) is 14.4 Å². The fourth-order valence-electron chi connectivity index (χ4n) is 3.34. The Morgan fingerprint density at radius 3 is 2.55 bits per heavy atom. The van der Waals surface area contributed by atoms with E-state index in [1.165, 1.54) is 46.8 Å². The normalized spacial score (nSPS) is 21.3. The van der Waals surface area contributed by atoms with Crippen molar-refractivity contribution in [2.75, 3.05) is 0 Å². The van der Waals surface area contributed by atoms with Gasteiger partial charge in [-0.15, -0.1) is 6.58 Å². The van der Waals surface area contributed by atoms with E-state index < -0.39 is 8.32 Å². The predicted octanol–water partition coefficient (Wildman–Crippen LogP) is 6.10. The first kappa shape index (κ1) is 17.2. The zero-order chi connectivity index (χ0) is 16.3. The summed E-state index contributed by atoms with van der Waals surface area (Å²) in [5, 5.41) is 0. The lowest BCUT2D eigenvalue weighted by atomic mass is 9.89. The summed E-state index contributed by atoms with van der Waals surface area (Å²) in [6, 6.07) is 1.23. The molecule has 0 fully saturated rings. The molecule has 2 heteroatoms. The first-order valence-corrected chi connectivity index (χ1v) is 11.5. The molecule has 120 valence electrons. The molecule has 0 radical (unpaired) electrons. The van der Waals surface area contributed by atoms with Gasteiger partial charge in [0.05, 0.1) is 6.10 Å². The average Bonchev–Trinajstić information content (AvgIpc) is 2.80. The van der Waals surface area contributed by atoms with Crippen LogP contribution in [0.4, 0.5) is 0 Å². The summed E-state index contributed by atoms with van der Waals surface area (Å²) < 4.78 is 6.66. The van der Waals surface area contributed by atoms with E-state index in [0.717, 1.165) is 6.42 Å². The van der Waals surface area contributed by atoms with Crippen molar-refractivity contribution in [3.63, 3.8) is 0 Å². The maximum absolute atomic E-state index is 6.66. The molecule has 1 atom stereocenters. The van der Waals surface area contributed by atoms with Gasteiger partial charge < -0.3 is 4.43 Å². The van der Waals surface area contributed by atoms with Crippen LogP contribution in [0.5, 0.6) is 0 Å². The van der Waals surface area contributed by atoms with Crippen molar-refractivity contribution < 1.29 is 4.43 Å². The molecule has 1 nitrogen and oxygen atoms in total. The summed E-state index contributed by atoms with van der Waals surface area (Å²) in [5.41, 5.74) is 6.81. The highest BCUT2D eigenvalue weighted by Crippen LogP contribution is 2.37. The molecule has 0 spiro atoms. The Kier molecular flexibility index (Phi) is 5.46. The van der Waals surface area contributed by atoms with Gasteiger partial charge in [-0.3, -0.25) is 0 Å². The second kappa shape index (κ2) is 6.97. The quantitative estimate of drug-likeness (QED) is 0.313. The third-order valence-electron chi connectivity index (χ3n) is 4.56. The predicted molar refractivity (Wildman–Crippen MR) is 99.5 cm³/mol. The SMILES string of the molecule is C=CCCCC[Si](C)(C)OC1C(C)=CC2=CC(C)=CC2=C1C. The van der Waals surface area contributed by atoms with Crippen molar-refractivity contribution in [1.82, 2.24) is 0 Å². The third-order valence-corrected chi connectivity index (χ3v) is 6.99. The third kappa shape index (κ3) is 3.99. The second-order valence-electron chi connectivity index (χ2n) is 7.27. The Morgan fingerprint density at radius 1 is 1.14 bits per heavy atom. The molecular weight excluding hydrogens is 284 g/mol. The molecule has 0 aromatic rings. The monoisotopic (exact) mass is 314 g/mol. The van der Waals surface area contributed by atoms with Gasteiger partial charge in [-0.2, -0.15) is 0 Å². The molecule has 0 amide bonds. The van der Waals surface area contributed by atoms with Crippen molar-refractivity contribution in [3.05, 3.63) is 58.7 Å². The zero-order valence-electron chi connectivity index (χ0n) is 14.8. The van der Waals surface area contributed by atoms with E-state index >= 15 is 0 Å². The molecule has 0 aromatic heterocycles.